The van der Waals surface area contributed by atoms with Gasteiger partial charge in [-0.25, -0.2) is 0 Å². The molecule has 15 heavy (non-hydrogen) atoms. The lowest BCUT2D eigenvalue weighted by Crippen LogP contribution is -2.46. The van der Waals surface area contributed by atoms with E-state index in [0.717, 1.165) is 5.31 Å². The Labute approximate surface area is 90.0 Å². The normalized spacial score (nSPS) is 18.4. The van der Waals surface area contributed by atoms with Crippen molar-refractivity contribution < 1.29 is 26.6 Å². The summed E-state index contributed by atoms with van der Waals surface area (Å²) in [4.78, 5) is 11.3. The van der Waals surface area contributed by atoms with E-state index < -0.39 is 30.7 Å². The summed E-state index contributed by atoms with van der Waals surface area (Å²) in [6.45, 7) is 1.14. The second-order valence-corrected chi connectivity index (χ2v) is 3.26. The summed E-state index contributed by atoms with van der Waals surface area (Å²) in [6.07, 6.45) is -4.39. The molecule has 0 rings (SSSR count). The van der Waals surface area contributed by atoms with Gasteiger partial charge in [-0.2, -0.15) is 0 Å². The minimum Gasteiger partial charge on any atom is -0.394 e. The van der Waals surface area contributed by atoms with Crippen LogP contribution >= 0.6 is 0 Å². The van der Waals surface area contributed by atoms with Gasteiger partial charge in [0.25, 0.3) is 0 Å². The smallest absolute Gasteiger partial charge is 0.177 e. The molecule has 0 unspecified atom stereocenters. The van der Waals surface area contributed by atoms with E-state index in [1.165, 1.54) is 0 Å². The number of hydrogen-bond donors (Lipinski definition) is 5. The zero-order valence-electron chi connectivity index (χ0n) is 9.70. The Morgan fingerprint density at radius 3 is 2.53 bits per heavy atom. The fourth-order valence-corrected chi connectivity index (χ4v) is 0.950. The van der Waals surface area contributed by atoms with Gasteiger partial charge < -0.3 is 25.7 Å². The molecule has 0 saturated heterocycles. The first-order chi connectivity index (χ1) is 7.43. The highest BCUT2D eigenvalue weighted by molar-refractivity contribution is 5.85. The van der Waals surface area contributed by atoms with Gasteiger partial charge in [0.05, 0.1) is 13.2 Å². The molecule has 0 aliphatic rings. The molecule has 5 N–H and O–H groups in total. The molecule has 0 aliphatic heterocycles. The van der Waals surface area contributed by atoms with Crippen LogP contribution in [0.1, 0.15) is 13.3 Å². The van der Waals surface area contributed by atoms with Crippen molar-refractivity contribution in [2.75, 3.05) is 19.7 Å². The van der Waals surface area contributed by atoms with E-state index in [1.54, 1.807) is 0 Å². The molecule has 0 aromatic heterocycles. The molecule has 0 fully saturated rings. The van der Waals surface area contributed by atoms with Crippen LogP contribution in [0.5, 0.6) is 0 Å². The molecule has 0 radical (unpaired) electrons. The first kappa shape index (κ1) is 12.5. The zero-order valence-corrected chi connectivity index (χ0v) is 8.70. The Hall–Kier alpha value is -0.530. The van der Waals surface area contributed by atoms with Crippen LogP contribution in [-0.4, -0.2) is 64.2 Å². The van der Waals surface area contributed by atoms with E-state index in [2.05, 4.69) is 0 Å². The summed E-state index contributed by atoms with van der Waals surface area (Å²) in [6, 6.07) is 0. The second-order valence-electron chi connectivity index (χ2n) is 3.26. The zero-order chi connectivity index (χ0) is 12.7. The van der Waals surface area contributed by atoms with Gasteiger partial charge in [-0.05, 0) is 13.0 Å². The summed E-state index contributed by atoms with van der Waals surface area (Å²) in [5, 5.41) is 37.1. The maximum absolute atomic E-state index is 11.3. The first-order valence-corrected chi connectivity index (χ1v) is 4.85. The maximum Gasteiger partial charge on any atom is 0.177 e. The predicted octanol–water partition coefficient (Wildman–Crippen LogP) is -2.37. The molecule has 3 atom stereocenters. The van der Waals surface area contributed by atoms with Gasteiger partial charge >= 0.3 is 0 Å². The molecule has 6 nitrogen and oxygen atoms in total. The molecular formula is C9H19NO5. The summed E-state index contributed by atoms with van der Waals surface area (Å²) >= 11 is 0. The number of carbonyl (C=O) groups excluding carboxylic acids is 1. The van der Waals surface area contributed by atoms with Crippen molar-refractivity contribution in [2.24, 2.45) is 0 Å². The summed E-state index contributed by atoms with van der Waals surface area (Å²) in [5.74, 6) is -0.761. The van der Waals surface area contributed by atoms with Gasteiger partial charge in [-0.3, -0.25) is 4.79 Å². The number of ketones is 1. The van der Waals surface area contributed by atoms with E-state index >= 15 is 0 Å². The number of Topliss-reactive ketones (excluding diaryl/α,β-unsaturated/α-hetero) is 1. The average Bonchev–Trinajstić information content (AvgIpc) is 2.26. The van der Waals surface area contributed by atoms with Crippen LogP contribution in [0.2, 0.25) is 1.41 Å². The Morgan fingerprint density at radius 1 is 1.47 bits per heavy atom. The van der Waals surface area contributed by atoms with Crippen molar-refractivity contribution in [3.05, 3.63) is 0 Å². The SMILES string of the molecule is [2H]N(CCC)CC(=O)[C@@H](O)[C@H](O)[C@H](O)CO. The van der Waals surface area contributed by atoms with E-state index in [1.807, 2.05) is 6.92 Å². The van der Waals surface area contributed by atoms with Gasteiger partial charge in [0.15, 0.2) is 5.78 Å². The molecule has 0 bridgehead atoms. The van der Waals surface area contributed by atoms with Gasteiger partial charge in [-0.1, -0.05) is 6.92 Å². The second kappa shape index (κ2) is 7.72. The van der Waals surface area contributed by atoms with Gasteiger partial charge in [-0.15, -0.1) is 0 Å². The third-order valence-electron chi connectivity index (χ3n) is 1.88. The highest BCUT2D eigenvalue weighted by atomic mass is 16.4. The number of carbonyl (C=O) groups is 1. The lowest BCUT2D eigenvalue weighted by atomic mass is 10.0. The van der Waals surface area contributed by atoms with E-state index in [4.69, 9.17) is 11.6 Å². The molecule has 0 spiro atoms. The molecule has 90 valence electrons. The van der Waals surface area contributed by atoms with Gasteiger partial charge in [0, 0.05) is 0 Å². The van der Waals surface area contributed by atoms with Gasteiger partial charge in [0.1, 0.15) is 19.7 Å². The van der Waals surface area contributed by atoms with Gasteiger partial charge in [0.2, 0.25) is 0 Å². The fourth-order valence-electron chi connectivity index (χ4n) is 0.950. The molecule has 0 heterocycles. The maximum atomic E-state index is 11.3. The molecule has 0 saturated carbocycles. The van der Waals surface area contributed by atoms with E-state index in [0.29, 0.717) is 13.0 Å². The van der Waals surface area contributed by atoms with E-state index in [-0.39, 0.29) is 6.54 Å². The van der Waals surface area contributed by atoms with Crippen molar-refractivity contribution in [3.8, 4) is 0 Å². The van der Waals surface area contributed by atoms with Crippen molar-refractivity contribution in [2.45, 2.75) is 31.7 Å². The average molecular weight is 222 g/mol. The Kier molecular flexibility index (Phi) is 6.45. The monoisotopic (exact) mass is 222 g/mol. The largest absolute Gasteiger partial charge is 0.394 e. The number of nitrogens with one attached hydrogen (secondary N) is 1. The fraction of sp³-hybridized carbons (Fsp3) is 0.889. The first-order valence-electron chi connectivity index (χ1n) is 5.30. The lowest BCUT2D eigenvalue weighted by molar-refractivity contribution is -0.139. The topological polar surface area (TPSA) is 110 Å². The third kappa shape index (κ3) is 5.19. The molecular weight excluding hydrogens is 202 g/mol. The number of hydrogen-bond acceptors (Lipinski definition) is 6. The highest BCUT2D eigenvalue weighted by Crippen LogP contribution is 2.00. The van der Waals surface area contributed by atoms with Crippen LogP contribution in [0.25, 0.3) is 0 Å². The number of rotatable bonds is 8. The van der Waals surface area contributed by atoms with E-state index in [9.17, 15) is 15.0 Å². The molecule has 0 aromatic carbocycles. The number of aliphatic hydroxyl groups excluding tert-OH is 4. The summed E-state index contributed by atoms with van der Waals surface area (Å²) in [7, 11) is 0. The summed E-state index contributed by atoms with van der Waals surface area (Å²) < 4.78 is 7.30. The predicted molar refractivity (Wildman–Crippen MR) is 53.3 cm³/mol. The standard InChI is InChI=1S/C9H19NO5/c1-2-3-10-4-6(12)8(14)9(15)7(13)5-11/h7-11,13-15H,2-5H2,1H3/t7-,8-,9-/m1/s1/i/hD. The summed E-state index contributed by atoms with van der Waals surface area (Å²) in [5.41, 5.74) is 0. The van der Waals surface area contributed by atoms with Crippen LogP contribution in [0.3, 0.4) is 0 Å². The van der Waals surface area contributed by atoms with Crippen LogP contribution in [0, 0.1) is 0 Å². The van der Waals surface area contributed by atoms with Crippen molar-refractivity contribution in [1.82, 2.24) is 5.31 Å². The molecule has 6 heteroatoms. The van der Waals surface area contributed by atoms with Crippen molar-refractivity contribution >= 4 is 5.78 Å². The molecule has 0 aliphatic carbocycles. The van der Waals surface area contributed by atoms with Crippen LogP contribution in [0.4, 0.5) is 0 Å². The minimum atomic E-state index is -1.79. The van der Waals surface area contributed by atoms with Crippen LogP contribution < -0.4 is 5.31 Å². The minimum absolute atomic E-state index is 0.329. The quantitative estimate of drug-likeness (QED) is 0.314. The lowest BCUT2D eigenvalue weighted by Gasteiger charge is -2.20. The Morgan fingerprint density at radius 2 is 2.07 bits per heavy atom. The molecule has 0 aromatic rings. The highest BCUT2D eigenvalue weighted by Gasteiger charge is 2.29. The Balaban J connectivity index is 4.17. The van der Waals surface area contributed by atoms with Crippen molar-refractivity contribution in [1.29, 1.82) is 0 Å². The molecule has 0 amide bonds. The van der Waals surface area contributed by atoms with Crippen LogP contribution in [-0.2, 0) is 4.79 Å². The number of aliphatic hydroxyl groups is 4. The Bertz CT molecular complexity index is 216. The van der Waals surface area contributed by atoms with Crippen molar-refractivity contribution in [3.63, 3.8) is 0 Å². The third-order valence-corrected chi connectivity index (χ3v) is 1.88. The van der Waals surface area contributed by atoms with Crippen LogP contribution in [0.15, 0.2) is 0 Å².